The first-order valence-electron chi connectivity index (χ1n) is 8.02. The quantitative estimate of drug-likeness (QED) is 0.250. The second kappa shape index (κ2) is 9.64. The summed E-state index contributed by atoms with van der Waals surface area (Å²) in [6.45, 7) is -0.127. The number of esters is 1. The zero-order valence-electron chi connectivity index (χ0n) is 14.4. The third kappa shape index (κ3) is 5.76. The highest BCUT2D eigenvalue weighted by Crippen LogP contribution is 2.27. The standard InChI is InChI=1S/C17H22N2O8/c18-7-6-11(15(24)27-9-10-4-2-1-3-5-10)8-17(19,16(25)26)12(13(20)21)14(22)23/h1-5,11-12H,6-9,18-19H2,(H,20,21)(H,22,23)(H,25,26)/t11?,17-/m1/s1. The summed E-state index contributed by atoms with van der Waals surface area (Å²) in [4.78, 5) is 46.4. The van der Waals surface area contributed by atoms with Crippen LogP contribution in [-0.4, -0.2) is 51.3 Å². The van der Waals surface area contributed by atoms with E-state index in [0.717, 1.165) is 0 Å². The van der Waals surface area contributed by atoms with Gasteiger partial charge in [0, 0.05) is 0 Å². The Labute approximate surface area is 154 Å². The van der Waals surface area contributed by atoms with Crippen LogP contribution in [0.5, 0.6) is 0 Å². The van der Waals surface area contributed by atoms with E-state index in [2.05, 4.69) is 0 Å². The Morgan fingerprint density at radius 3 is 2.04 bits per heavy atom. The van der Waals surface area contributed by atoms with E-state index in [1.54, 1.807) is 30.3 Å². The van der Waals surface area contributed by atoms with E-state index in [1.807, 2.05) is 0 Å². The zero-order chi connectivity index (χ0) is 20.6. The van der Waals surface area contributed by atoms with Crippen LogP contribution in [0.25, 0.3) is 0 Å². The first-order chi connectivity index (χ1) is 12.6. The molecule has 10 nitrogen and oxygen atoms in total. The predicted octanol–water partition coefficient (Wildman–Crippen LogP) is -0.348. The number of hydrogen-bond acceptors (Lipinski definition) is 7. The Morgan fingerprint density at radius 2 is 1.59 bits per heavy atom. The number of benzene rings is 1. The van der Waals surface area contributed by atoms with E-state index in [9.17, 15) is 24.3 Å². The molecule has 0 spiro atoms. The molecule has 1 rings (SSSR count). The topological polar surface area (TPSA) is 190 Å². The maximum absolute atomic E-state index is 12.3. The lowest BCUT2D eigenvalue weighted by Gasteiger charge is -2.31. The SMILES string of the molecule is NCCC(C[C@](N)(C(=O)O)C(C(=O)O)C(=O)O)C(=O)OCc1ccccc1. The van der Waals surface area contributed by atoms with Crippen molar-refractivity contribution in [2.75, 3.05) is 6.54 Å². The number of carbonyl (C=O) groups excluding carboxylic acids is 1. The van der Waals surface area contributed by atoms with Crippen molar-refractivity contribution in [2.24, 2.45) is 23.3 Å². The molecule has 0 saturated carbocycles. The first kappa shape index (κ1) is 22.1. The smallest absolute Gasteiger partial charge is 0.325 e. The molecule has 1 aromatic rings. The Kier molecular flexibility index (Phi) is 7.88. The lowest BCUT2D eigenvalue weighted by molar-refractivity contribution is -0.168. The first-order valence-corrected chi connectivity index (χ1v) is 8.02. The molecule has 0 fully saturated rings. The average molecular weight is 382 g/mol. The molecule has 0 amide bonds. The fourth-order valence-corrected chi connectivity index (χ4v) is 2.63. The minimum Gasteiger partial charge on any atom is -0.481 e. The molecule has 10 heteroatoms. The van der Waals surface area contributed by atoms with Crippen LogP contribution in [-0.2, 0) is 30.5 Å². The molecule has 0 radical (unpaired) electrons. The van der Waals surface area contributed by atoms with Crippen molar-refractivity contribution in [1.82, 2.24) is 0 Å². The summed E-state index contributed by atoms with van der Waals surface area (Å²) >= 11 is 0. The highest BCUT2D eigenvalue weighted by Gasteiger charge is 2.53. The molecule has 1 unspecified atom stereocenters. The van der Waals surface area contributed by atoms with E-state index < -0.39 is 47.7 Å². The van der Waals surface area contributed by atoms with Crippen molar-refractivity contribution in [2.45, 2.75) is 25.0 Å². The molecule has 2 atom stereocenters. The van der Waals surface area contributed by atoms with Crippen molar-refractivity contribution >= 4 is 23.9 Å². The molecule has 148 valence electrons. The lowest BCUT2D eigenvalue weighted by Crippen LogP contribution is -2.60. The van der Waals surface area contributed by atoms with Crippen LogP contribution >= 0.6 is 0 Å². The molecule has 0 aliphatic heterocycles. The average Bonchev–Trinajstić information content (AvgIpc) is 2.59. The summed E-state index contributed by atoms with van der Waals surface area (Å²) in [7, 11) is 0. The van der Waals surface area contributed by atoms with Crippen molar-refractivity contribution < 1.29 is 39.2 Å². The number of carboxylic acids is 3. The maximum Gasteiger partial charge on any atom is 0.325 e. The summed E-state index contributed by atoms with van der Waals surface area (Å²) in [6, 6.07) is 8.66. The van der Waals surface area contributed by atoms with E-state index >= 15 is 0 Å². The van der Waals surface area contributed by atoms with Crippen LogP contribution < -0.4 is 11.5 Å². The number of aliphatic carboxylic acids is 3. The van der Waals surface area contributed by atoms with Crippen molar-refractivity contribution in [3.8, 4) is 0 Å². The summed E-state index contributed by atoms with van der Waals surface area (Å²) in [6.07, 6.45) is -0.803. The second-order valence-corrected chi connectivity index (χ2v) is 6.03. The minimum atomic E-state index is -2.72. The Hall–Kier alpha value is -2.98. The highest BCUT2D eigenvalue weighted by atomic mass is 16.5. The van der Waals surface area contributed by atoms with Gasteiger partial charge in [-0.25, -0.2) is 0 Å². The van der Waals surface area contributed by atoms with Gasteiger partial charge in [-0.3, -0.25) is 19.2 Å². The van der Waals surface area contributed by atoms with E-state index in [1.165, 1.54) is 0 Å². The molecule has 0 heterocycles. The van der Waals surface area contributed by atoms with E-state index in [-0.39, 0.29) is 19.6 Å². The molecule has 0 aliphatic rings. The van der Waals surface area contributed by atoms with Gasteiger partial charge < -0.3 is 31.5 Å². The predicted molar refractivity (Wildman–Crippen MR) is 91.3 cm³/mol. The van der Waals surface area contributed by atoms with Gasteiger partial charge in [0.2, 0.25) is 0 Å². The molecule has 1 aromatic carbocycles. The van der Waals surface area contributed by atoms with E-state index in [0.29, 0.717) is 5.56 Å². The van der Waals surface area contributed by atoms with Crippen LogP contribution in [0.15, 0.2) is 30.3 Å². The molecule has 0 saturated heterocycles. The van der Waals surface area contributed by atoms with Crippen LogP contribution in [0, 0.1) is 11.8 Å². The van der Waals surface area contributed by atoms with Gasteiger partial charge in [-0.2, -0.15) is 0 Å². The Balaban J connectivity index is 3.02. The zero-order valence-corrected chi connectivity index (χ0v) is 14.4. The number of carboxylic acid groups (broad SMARTS) is 3. The van der Waals surface area contributed by atoms with Gasteiger partial charge in [0.05, 0.1) is 5.92 Å². The van der Waals surface area contributed by atoms with Gasteiger partial charge in [0.25, 0.3) is 0 Å². The number of rotatable bonds is 11. The fourth-order valence-electron chi connectivity index (χ4n) is 2.63. The van der Waals surface area contributed by atoms with Gasteiger partial charge in [0.15, 0.2) is 5.92 Å². The van der Waals surface area contributed by atoms with Gasteiger partial charge >= 0.3 is 23.9 Å². The number of nitrogens with two attached hydrogens (primary N) is 2. The third-order valence-electron chi connectivity index (χ3n) is 4.06. The lowest BCUT2D eigenvalue weighted by atomic mass is 9.76. The van der Waals surface area contributed by atoms with Gasteiger partial charge in [-0.15, -0.1) is 0 Å². The van der Waals surface area contributed by atoms with Crippen molar-refractivity contribution in [3.63, 3.8) is 0 Å². The largest absolute Gasteiger partial charge is 0.481 e. The van der Waals surface area contributed by atoms with Gasteiger partial charge in [-0.1, -0.05) is 30.3 Å². The highest BCUT2D eigenvalue weighted by molar-refractivity contribution is 6.01. The molecule has 7 N–H and O–H groups in total. The maximum atomic E-state index is 12.3. The summed E-state index contributed by atoms with van der Waals surface area (Å²) in [5.74, 6) is -10.2. The van der Waals surface area contributed by atoms with Crippen LogP contribution in [0.1, 0.15) is 18.4 Å². The molecule has 0 aliphatic carbocycles. The second-order valence-electron chi connectivity index (χ2n) is 6.03. The third-order valence-corrected chi connectivity index (χ3v) is 4.06. The normalized spacial score (nSPS) is 14.2. The number of hydrogen-bond donors (Lipinski definition) is 5. The van der Waals surface area contributed by atoms with Gasteiger partial charge in [-0.05, 0) is 24.9 Å². The molecular formula is C17H22N2O8. The summed E-state index contributed by atoms with van der Waals surface area (Å²) < 4.78 is 5.13. The van der Waals surface area contributed by atoms with Crippen LogP contribution in [0.4, 0.5) is 0 Å². The molecular weight excluding hydrogens is 360 g/mol. The Morgan fingerprint density at radius 1 is 1.04 bits per heavy atom. The van der Waals surface area contributed by atoms with Crippen LogP contribution in [0.2, 0.25) is 0 Å². The number of ether oxygens (including phenoxy) is 1. The summed E-state index contributed by atoms with van der Waals surface area (Å²) in [5.41, 5.74) is 9.05. The Bertz CT molecular complexity index is 679. The molecule has 0 bridgehead atoms. The summed E-state index contributed by atoms with van der Waals surface area (Å²) in [5, 5.41) is 27.6. The monoisotopic (exact) mass is 382 g/mol. The molecule has 0 aromatic heterocycles. The minimum absolute atomic E-state index is 0.0361. The van der Waals surface area contributed by atoms with Crippen molar-refractivity contribution in [3.05, 3.63) is 35.9 Å². The molecule has 27 heavy (non-hydrogen) atoms. The van der Waals surface area contributed by atoms with Crippen molar-refractivity contribution in [1.29, 1.82) is 0 Å². The number of carbonyl (C=O) groups is 4. The van der Waals surface area contributed by atoms with Crippen LogP contribution in [0.3, 0.4) is 0 Å². The van der Waals surface area contributed by atoms with E-state index in [4.69, 9.17) is 26.4 Å². The van der Waals surface area contributed by atoms with Gasteiger partial charge in [0.1, 0.15) is 12.1 Å². The fraction of sp³-hybridized carbons (Fsp3) is 0.412.